The Kier molecular flexibility index (Phi) is 8.20. The van der Waals surface area contributed by atoms with E-state index in [0.29, 0.717) is 11.1 Å². The number of aromatic nitrogens is 1. The lowest BCUT2D eigenvalue weighted by molar-refractivity contribution is 0.0372. The minimum Gasteiger partial charge on any atom is -0.492 e. The molecule has 0 unspecified atom stereocenters. The van der Waals surface area contributed by atoms with Crippen LogP contribution in [0.5, 0.6) is 5.75 Å². The first-order valence-corrected chi connectivity index (χ1v) is 13.2. The standard InChI is InChI=1S/C26H37N3O2S/c1-2-3-14-28-17-18-31-24-10-5-4-8-22(24)9-6-7-11-26(20-28)12-15-29(16-13-26)25(30)23-19-32-21-27-23/h4-5,8,10,19,21H,2-3,6-7,9,11-18,20H2,1H3. The van der Waals surface area contributed by atoms with Crippen LogP contribution >= 0.6 is 11.3 Å². The number of piperidine rings is 1. The fourth-order valence-corrected chi connectivity index (χ4v) is 5.75. The number of likely N-dealkylation sites (tertiary alicyclic amines) is 1. The number of amides is 1. The summed E-state index contributed by atoms with van der Waals surface area (Å²) >= 11 is 1.49. The number of hydrogen-bond acceptors (Lipinski definition) is 5. The number of fused-ring (bicyclic) bond motifs is 1. The van der Waals surface area contributed by atoms with Crippen LogP contribution in [-0.2, 0) is 6.42 Å². The second-order valence-corrected chi connectivity index (χ2v) is 10.2. The number of ether oxygens (including phenoxy) is 1. The van der Waals surface area contributed by atoms with Crippen LogP contribution in [0.2, 0.25) is 0 Å². The number of thiazole rings is 1. The number of carbonyl (C=O) groups is 1. The Labute approximate surface area is 196 Å². The van der Waals surface area contributed by atoms with Crippen molar-refractivity contribution in [2.45, 2.75) is 58.3 Å². The molecule has 0 radical (unpaired) electrons. The van der Waals surface area contributed by atoms with Gasteiger partial charge in [0.15, 0.2) is 0 Å². The number of nitrogens with zero attached hydrogens (tertiary/aromatic N) is 3. The molecule has 0 saturated carbocycles. The van der Waals surface area contributed by atoms with Crippen LogP contribution in [0, 0.1) is 5.41 Å². The zero-order valence-electron chi connectivity index (χ0n) is 19.4. The summed E-state index contributed by atoms with van der Waals surface area (Å²) in [5, 5.41) is 1.87. The molecule has 1 amide bonds. The summed E-state index contributed by atoms with van der Waals surface area (Å²) < 4.78 is 6.24. The quantitative estimate of drug-likeness (QED) is 0.630. The highest BCUT2D eigenvalue weighted by molar-refractivity contribution is 7.07. The molecule has 5 nitrogen and oxygen atoms in total. The summed E-state index contributed by atoms with van der Waals surface area (Å²) in [5.41, 5.74) is 3.98. The molecule has 0 bridgehead atoms. The van der Waals surface area contributed by atoms with Crippen molar-refractivity contribution in [3.63, 3.8) is 0 Å². The van der Waals surface area contributed by atoms with Gasteiger partial charge < -0.3 is 9.64 Å². The van der Waals surface area contributed by atoms with Crippen molar-refractivity contribution in [2.75, 3.05) is 39.3 Å². The van der Waals surface area contributed by atoms with Gasteiger partial charge in [0, 0.05) is 31.6 Å². The Morgan fingerprint density at radius 1 is 1.16 bits per heavy atom. The summed E-state index contributed by atoms with van der Waals surface area (Å²) in [6, 6.07) is 8.54. The predicted molar refractivity (Wildman–Crippen MR) is 131 cm³/mol. The molecule has 0 N–H and O–H groups in total. The second kappa shape index (κ2) is 11.3. The van der Waals surface area contributed by atoms with E-state index in [-0.39, 0.29) is 5.91 Å². The molecule has 6 heteroatoms. The second-order valence-electron chi connectivity index (χ2n) is 9.46. The van der Waals surface area contributed by atoms with E-state index in [2.05, 4.69) is 41.1 Å². The SMILES string of the molecule is CCCCN1CCOc2ccccc2CCCCC2(CCN(C(=O)c3cscn3)CC2)C1. The first-order chi connectivity index (χ1) is 15.7. The van der Waals surface area contributed by atoms with Gasteiger partial charge in [0.05, 0.1) is 5.51 Å². The van der Waals surface area contributed by atoms with Crippen molar-refractivity contribution < 1.29 is 9.53 Å². The van der Waals surface area contributed by atoms with Gasteiger partial charge in [-0.1, -0.05) is 38.0 Å². The fourth-order valence-electron chi connectivity index (χ4n) is 5.23. The Hall–Kier alpha value is -1.92. The van der Waals surface area contributed by atoms with Crippen LogP contribution < -0.4 is 4.74 Å². The topological polar surface area (TPSA) is 45.7 Å². The molecule has 2 aliphatic rings. The number of aryl methyl sites for hydroxylation is 1. The predicted octanol–water partition coefficient (Wildman–Crippen LogP) is 5.27. The first kappa shape index (κ1) is 23.2. The molecular formula is C26H37N3O2S. The maximum atomic E-state index is 12.8. The average molecular weight is 456 g/mol. The molecule has 1 aromatic heterocycles. The molecule has 1 aromatic carbocycles. The number of unbranched alkanes of at least 4 members (excludes halogenated alkanes) is 1. The van der Waals surface area contributed by atoms with Gasteiger partial charge in [-0.15, -0.1) is 11.3 Å². The summed E-state index contributed by atoms with van der Waals surface area (Å²) in [6.45, 7) is 7.92. The van der Waals surface area contributed by atoms with Crippen LogP contribution in [0.1, 0.15) is 67.9 Å². The van der Waals surface area contributed by atoms with E-state index in [1.807, 2.05) is 10.3 Å². The lowest BCUT2D eigenvalue weighted by Crippen LogP contribution is -2.49. The largest absolute Gasteiger partial charge is 0.492 e. The van der Waals surface area contributed by atoms with Crippen LogP contribution in [0.15, 0.2) is 35.2 Å². The maximum absolute atomic E-state index is 12.8. The molecule has 1 saturated heterocycles. The monoisotopic (exact) mass is 455 g/mol. The highest BCUT2D eigenvalue weighted by atomic mass is 32.1. The lowest BCUT2D eigenvalue weighted by Gasteiger charge is -2.45. The summed E-state index contributed by atoms with van der Waals surface area (Å²) in [6.07, 6.45) is 9.36. The molecule has 2 aliphatic heterocycles. The van der Waals surface area contributed by atoms with E-state index in [4.69, 9.17) is 4.74 Å². The molecule has 2 aromatic rings. The van der Waals surface area contributed by atoms with E-state index < -0.39 is 0 Å². The van der Waals surface area contributed by atoms with Crippen molar-refractivity contribution in [1.29, 1.82) is 0 Å². The van der Waals surface area contributed by atoms with Gasteiger partial charge in [-0.3, -0.25) is 9.69 Å². The molecule has 174 valence electrons. The molecular weight excluding hydrogens is 418 g/mol. The molecule has 1 spiro atoms. The minimum atomic E-state index is 0.0992. The molecule has 3 heterocycles. The first-order valence-electron chi connectivity index (χ1n) is 12.3. The van der Waals surface area contributed by atoms with E-state index in [0.717, 1.165) is 64.3 Å². The van der Waals surface area contributed by atoms with Gasteiger partial charge in [-0.05, 0) is 62.1 Å². The molecule has 1 fully saturated rings. The third-order valence-electron chi connectivity index (χ3n) is 7.19. The number of carbonyl (C=O) groups excluding carboxylic acids is 1. The Morgan fingerprint density at radius 3 is 2.78 bits per heavy atom. The number of benzene rings is 1. The third kappa shape index (κ3) is 5.90. The van der Waals surface area contributed by atoms with Gasteiger partial charge in [0.25, 0.3) is 5.91 Å². The van der Waals surface area contributed by atoms with Crippen LogP contribution in [0.25, 0.3) is 0 Å². The number of rotatable bonds is 4. The number of hydrogen-bond donors (Lipinski definition) is 0. The molecule has 4 rings (SSSR count). The van der Waals surface area contributed by atoms with Crippen molar-refractivity contribution in [3.8, 4) is 5.75 Å². The van der Waals surface area contributed by atoms with Gasteiger partial charge in [0.2, 0.25) is 0 Å². The summed E-state index contributed by atoms with van der Waals surface area (Å²) in [4.78, 5) is 21.7. The highest BCUT2D eigenvalue weighted by Crippen LogP contribution is 2.38. The lowest BCUT2D eigenvalue weighted by atomic mass is 9.73. The van der Waals surface area contributed by atoms with Gasteiger partial charge in [0.1, 0.15) is 18.1 Å². The van der Waals surface area contributed by atoms with Crippen molar-refractivity contribution in [2.24, 2.45) is 5.41 Å². The molecule has 0 atom stereocenters. The van der Waals surface area contributed by atoms with Crippen molar-refractivity contribution in [3.05, 3.63) is 46.4 Å². The number of para-hydroxylation sites is 1. The fraction of sp³-hybridized carbons (Fsp3) is 0.615. The molecule has 0 aliphatic carbocycles. The van der Waals surface area contributed by atoms with E-state index in [9.17, 15) is 4.79 Å². The van der Waals surface area contributed by atoms with E-state index in [1.165, 1.54) is 49.0 Å². The van der Waals surface area contributed by atoms with Gasteiger partial charge in [-0.2, -0.15) is 0 Å². The Morgan fingerprint density at radius 2 is 2.00 bits per heavy atom. The Balaban J connectivity index is 1.45. The van der Waals surface area contributed by atoms with Crippen LogP contribution in [0.4, 0.5) is 0 Å². The molecule has 32 heavy (non-hydrogen) atoms. The van der Waals surface area contributed by atoms with Gasteiger partial charge >= 0.3 is 0 Å². The van der Waals surface area contributed by atoms with E-state index in [1.54, 1.807) is 5.51 Å². The van der Waals surface area contributed by atoms with Crippen molar-refractivity contribution >= 4 is 17.2 Å². The normalized spacial score (nSPS) is 20.1. The van der Waals surface area contributed by atoms with Crippen LogP contribution in [0.3, 0.4) is 0 Å². The summed E-state index contributed by atoms with van der Waals surface area (Å²) in [5.74, 6) is 1.16. The summed E-state index contributed by atoms with van der Waals surface area (Å²) in [7, 11) is 0. The third-order valence-corrected chi connectivity index (χ3v) is 7.78. The zero-order valence-corrected chi connectivity index (χ0v) is 20.2. The van der Waals surface area contributed by atoms with E-state index >= 15 is 0 Å². The maximum Gasteiger partial charge on any atom is 0.273 e. The van der Waals surface area contributed by atoms with Crippen molar-refractivity contribution in [1.82, 2.24) is 14.8 Å². The highest BCUT2D eigenvalue weighted by Gasteiger charge is 2.37. The minimum absolute atomic E-state index is 0.0992. The van der Waals surface area contributed by atoms with Crippen LogP contribution in [-0.4, -0.2) is 60.0 Å². The average Bonchev–Trinajstić information content (AvgIpc) is 3.35. The smallest absolute Gasteiger partial charge is 0.273 e. The zero-order chi connectivity index (χ0) is 22.2. The Bertz CT molecular complexity index is 847. The van der Waals surface area contributed by atoms with Gasteiger partial charge in [-0.25, -0.2) is 4.98 Å².